The van der Waals surface area contributed by atoms with Crippen LogP contribution in [0.15, 0.2) is 83.8 Å². The summed E-state index contributed by atoms with van der Waals surface area (Å²) in [5.74, 6) is -1.60. The number of aryl methyl sites for hydroxylation is 1. The van der Waals surface area contributed by atoms with Crippen LogP contribution >= 0.6 is 0 Å². The molecule has 0 saturated carbocycles. The second kappa shape index (κ2) is 9.59. The fraction of sp³-hybridized carbons (Fsp3) is 0.231. The highest BCUT2D eigenvalue weighted by molar-refractivity contribution is 7.89. The number of sulfonamides is 1. The van der Waals surface area contributed by atoms with E-state index < -0.39 is 39.7 Å². The van der Waals surface area contributed by atoms with Crippen LogP contribution in [0.5, 0.6) is 0 Å². The van der Waals surface area contributed by atoms with E-state index in [0.29, 0.717) is 5.69 Å². The van der Waals surface area contributed by atoms with E-state index in [1.807, 2.05) is 31.2 Å². The third-order valence-electron chi connectivity index (χ3n) is 6.07. The van der Waals surface area contributed by atoms with Gasteiger partial charge in [-0.05, 0) is 55.8 Å². The number of piperazine rings is 1. The van der Waals surface area contributed by atoms with Gasteiger partial charge in [0, 0.05) is 18.8 Å². The second-order valence-corrected chi connectivity index (χ2v) is 10.7. The molecular weight excluding hydrogens is 469 g/mol. The SMILES string of the molecule is Cc1ccc(CNC(=O)[C@@]2(C)CN(S(=O)(=O)c3ccccc3)CC(=O)N2c2ccc(F)cc2)cc1. The molecule has 0 bridgehead atoms. The zero-order chi connectivity index (χ0) is 25.2. The van der Waals surface area contributed by atoms with Crippen molar-refractivity contribution in [3.05, 3.63) is 95.8 Å². The maximum atomic E-state index is 13.6. The number of amides is 2. The van der Waals surface area contributed by atoms with Gasteiger partial charge in [-0.3, -0.25) is 14.5 Å². The molecule has 1 atom stereocenters. The monoisotopic (exact) mass is 495 g/mol. The molecule has 0 spiro atoms. The summed E-state index contributed by atoms with van der Waals surface area (Å²) in [7, 11) is -4.04. The zero-order valence-corrected chi connectivity index (χ0v) is 20.3. The van der Waals surface area contributed by atoms with Crippen molar-refractivity contribution in [1.29, 1.82) is 0 Å². The number of anilines is 1. The number of nitrogens with one attached hydrogen (secondary N) is 1. The largest absolute Gasteiger partial charge is 0.350 e. The Hall–Kier alpha value is -3.56. The number of nitrogens with zero attached hydrogens (tertiary/aromatic N) is 2. The topological polar surface area (TPSA) is 86.8 Å². The van der Waals surface area contributed by atoms with Crippen LogP contribution in [0.4, 0.5) is 10.1 Å². The van der Waals surface area contributed by atoms with Crippen molar-refractivity contribution in [3.8, 4) is 0 Å². The lowest BCUT2D eigenvalue weighted by molar-refractivity contribution is -0.133. The summed E-state index contributed by atoms with van der Waals surface area (Å²) in [6.45, 7) is 2.96. The van der Waals surface area contributed by atoms with Gasteiger partial charge in [-0.1, -0.05) is 48.0 Å². The quantitative estimate of drug-likeness (QED) is 0.569. The summed E-state index contributed by atoms with van der Waals surface area (Å²) in [4.78, 5) is 28.2. The molecule has 1 saturated heterocycles. The van der Waals surface area contributed by atoms with Crippen LogP contribution in [-0.4, -0.2) is 43.2 Å². The Kier molecular flexibility index (Phi) is 6.73. The van der Waals surface area contributed by atoms with Crippen LogP contribution in [0.3, 0.4) is 0 Å². The summed E-state index contributed by atoms with van der Waals surface area (Å²) in [6, 6.07) is 20.6. The molecular formula is C26H26FN3O4S. The van der Waals surface area contributed by atoms with Crippen LogP contribution in [-0.2, 0) is 26.2 Å². The number of halogens is 1. The smallest absolute Gasteiger partial charge is 0.247 e. The Morgan fingerprint density at radius 3 is 2.26 bits per heavy atom. The summed E-state index contributed by atoms with van der Waals surface area (Å²) >= 11 is 0. The van der Waals surface area contributed by atoms with Crippen molar-refractivity contribution in [2.75, 3.05) is 18.0 Å². The number of hydrogen-bond acceptors (Lipinski definition) is 4. The van der Waals surface area contributed by atoms with E-state index in [1.165, 1.54) is 48.2 Å². The lowest BCUT2D eigenvalue weighted by Crippen LogP contribution is -2.70. The third-order valence-corrected chi connectivity index (χ3v) is 7.87. The minimum Gasteiger partial charge on any atom is -0.350 e. The van der Waals surface area contributed by atoms with Gasteiger partial charge in [-0.2, -0.15) is 4.31 Å². The van der Waals surface area contributed by atoms with Crippen molar-refractivity contribution in [2.24, 2.45) is 0 Å². The lowest BCUT2D eigenvalue weighted by Gasteiger charge is -2.46. The molecule has 35 heavy (non-hydrogen) atoms. The van der Waals surface area contributed by atoms with E-state index in [2.05, 4.69) is 5.32 Å². The standard InChI is InChI=1S/C26H26FN3O4S/c1-19-8-10-20(11-9-19)16-28-25(32)26(2)18-29(35(33,34)23-6-4-3-5-7-23)17-24(31)30(26)22-14-12-21(27)13-15-22/h3-15H,16-18H2,1-2H3,(H,28,32)/t26-/m1/s1. The van der Waals surface area contributed by atoms with E-state index in [4.69, 9.17) is 0 Å². The van der Waals surface area contributed by atoms with Gasteiger partial charge in [0.25, 0.3) is 0 Å². The van der Waals surface area contributed by atoms with Gasteiger partial charge in [0.05, 0.1) is 11.4 Å². The van der Waals surface area contributed by atoms with Crippen molar-refractivity contribution in [2.45, 2.75) is 30.8 Å². The fourth-order valence-corrected chi connectivity index (χ4v) is 5.65. The van der Waals surface area contributed by atoms with E-state index in [9.17, 15) is 22.4 Å². The fourth-order valence-electron chi connectivity index (χ4n) is 4.15. The van der Waals surface area contributed by atoms with Crippen molar-refractivity contribution < 1.29 is 22.4 Å². The van der Waals surface area contributed by atoms with Gasteiger partial charge >= 0.3 is 0 Å². The van der Waals surface area contributed by atoms with Gasteiger partial charge in [0.15, 0.2) is 0 Å². The number of carbonyl (C=O) groups is 2. The molecule has 0 radical (unpaired) electrons. The first-order valence-electron chi connectivity index (χ1n) is 11.1. The van der Waals surface area contributed by atoms with Crippen LogP contribution in [0.1, 0.15) is 18.1 Å². The molecule has 7 nitrogen and oxygen atoms in total. The predicted molar refractivity (Wildman–Crippen MR) is 131 cm³/mol. The molecule has 182 valence electrons. The normalized spacial score (nSPS) is 18.9. The average Bonchev–Trinajstić information content (AvgIpc) is 2.84. The average molecular weight is 496 g/mol. The molecule has 9 heteroatoms. The summed E-state index contributed by atoms with van der Waals surface area (Å²) in [5, 5.41) is 2.84. The maximum Gasteiger partial charge on any atom is 0.247 e. The molecule has 0 aliphatic carbocycles. The van der Waals surface area contributed by atoms with Crippen LogP contribution in [0, 0.1) is 12.7 Å². The van der Waals surface area contributed by atoms with Gasteiger partial charge in [0.2, 0.25) is 21.8 Å². The maximum absolute atomic E-state index is 13.6. The number of carbonyl (C=O) groups excluding carboxylic acids is 2. The molecule has 1 heterocycles. The Labute approximate surface area is 204 Å². The molecule has 3 aromatic carbocycles. The van der Waals surface area contributed by atoms with Crippen LogP contribution in [0.2, 0.25) is 0 Å². The minimum absolute atomic E-state index is 0.0328. The van der Waals surface area contributed by atoms with Crippen molar-refractivity contribution in [1.82, 2.24) is 9.62 Å². The summed E-state index contributed by atoms with van der Waals surface area (Å²) in [5.41, 5.74) is 0.659. The Morgan fingerprint density at radius 1 is 1.00 bits per heavy atom. The Bertz CT molecular complexity index is 1330. The molecule has 0 aromatic heterocycles. The molecule has 3 aromatic rings. The van der Waals surface area contributed by atoms with E-state index in [-0.39, 0.29) is 18.0 Å². The number of benzene rings is 3. The highest BCUT2D eigenvalue weighted by Crippen LogP contribution is 2.32. The molecule has 1 fully saturated rings. The molecule has 0 unspecified atom stereocenters. The number of hydrogen-bond donors (Lipinski definition) is 1. The van der Waals surface area contributed by atoms with E-state index in [1.54, 1.807) is 18.2 Å². The zero-order valence-electron chi connectivity index (χ0n) is 19.4. The molecule has 1 aliphatic rings. The first-order valence-corrected chi connectivity index (χ1v) is 12.5. The van der Waals surface area contributed by atoms with Gasteiger partial charge in [-0.15, -0.1) is 0 Å². The second-order valence-electron chi connectivity index (χ2n) is 8.73. The third kappa shape index (κ3) is 4.96. The molecule has 1 aliphatic heterocycles. The molecule has 2 amide bonds. The van der Waals surface area contributed by atoms with Gasteiger partial charge < -0.3 is 5.32 Å². The van der Waals surface area contributed by atoms with Crippen molar-refractivity contribution >= 4 is 27.5 Å². The lowest BCUT2D eigenvalue weighted by atomic mass is 9.94. The van der Waals surface area contributed by atoms with Crippen LogP contribution < -0.4 is 10.2 Å². The summed E-state index contributed by atoms with van der Waals surface area (Å²) < 4.78 is 41.2. The Balaban J connectivity index is 1.69. The molecule has 1 N–H and O–H groups in total. The number of rotatable bonds is 6. The Morgan fingerprint density at radius 2 is 1.63 bits per heavy atom. The van der Waals surface area contributed by atoms with Crippen molar-refractivity contribution in [3.63, 3.8) is 0 Å². The first-order chi connectivity index (χ1) is 16.6. The minimum atomic E-state index is -4.04. The van der Waals surface area contributed by atoms with Gasteiger partial charge in [0.1, 0.15) is 11.4 Å². The highest BCUT2D eigenvalue weighted by atomic mass is 32.2. The predicted octanol–water partition coefficient (Wildman–Crippen LogP) is 3.25. The summed E-state index contributed by atoms with van der Waals surface area (Å²) in [6.07, 6.45) is 0. The van der Waals surface area contributed by atoms with Crippen LogP contribution in [0.25, 0.3) is 0 Å². The molecule has 4 rings (SSSR count). The van der Waals surface area contributed by atoms with E-state index >= 15 is 0 Å². The van der Waals surface area contributed by atoms with Gasteiger partial charge in [-0.25, -0.2) is 12.8 Å². The first kappa shape index (κ1) is 24.6. The van der Waals surface area contributed by atoms with E-state index in [0.717, 1.165) is 15.4 Å². The highest BCUT2D eigenvalue weighted by Gasteiger charge is 2.51.